The molecule has 6 heteroatoms. The van der Waals surface area contributed by atoms with Gasteiger partial charge < -0.3 is 20.7 Å². The van der Waals surface area contributed by atoms with Crippen LogP contribution in [-0.2, 0) is 6.54 Å². The molecule has 0 radical (unpaired) electrons. The van der Waals surface area contributed by atoms with Crippen LogP contribution < -0.4 is 20.7 Å². The summed E-state index contributed by atoms with van der Waals surface area (Å²) in [6.07, 6.45) is 1.67. The molecule has 0 aliphatic heterocycles. The normalized spacial score (nSPS) is 10.6. The SMILES string of the molecule is CNCc1cnc(C(=O)Nc2cccc(-c3cccc(NC)c3C)c2C)cc1OC. The fraction of sp³-hybridized carbons (Fsp3) is 0.250. The van der Waals surface area contributed by atoms with Crippen LogP contribution in [-0.4, -0.2) is 32.1 Å². The highest BCUT2D eigenvalue weighted by atomic mass is 16.5. The lowest BCUT2D eigenvalue weighted by molar-refractivity contribution is 0.102. The van der Waals surface area contributed by atoms with Gasteiger partial charge in [0.2, 0.25) is 0 Å². The van der Waals surface area contributed by atoms with Gasteiger partial charge in [-0.05, 0) is 55.3 Å². The van der Waals surface area contributed by atoms with Gasteiger partial charge in [-0.25, -0.2) is 0 Å². The van der Waals surface area contributed by atoms with E-state index in [0.29, 0.717) is 18.0 Å². The monoisotopic (exact) mass is 404 g/mol. The van der Waals surface area contributed by atoms with E-state index in [4.69, 9.17) is 4.74 Å². The van der Waals surface area contributed by atoms with E-state index in [0.717, 1.165) is 39.2 Å². The third-order valence-corrected chi connectivity index (χ3v) is 5.24. The van der Waals surface area contributed by atoms with Gasteiger partial charge in [0.1, 0.15) is 11.4 Å². The second-order valence-electron chi connectivity index (χ2n) is 7.07. The Balaban J connectivity index is 1.92. The van der Waals surface area contributed by atoms with Crippen molar-refractivity contribution in [3.05, 3.63) is 71.0 Å². The minimum absolute atomic E-state index is 0.273. The molecule has 3 N–H and O–H groups in total. The first kappa shape index (κ1) is 21.3. The lowest BCUT2D eigenvalue weighted by atomic mass is 9.94. The fourth-order valence-corrected chi connectivity index (χ4v) is 3.55. The molecule has 0 aliphatic rings. The smallest absolute Gasteiger partial charge is 0.274 e. The highest BCUT2D eigenvalue weighted by Gasteiger charge is 2.15. The number of hydrogen-bond acceptors (Lipinski definition) is 5. The third-order valence-electron chi connectivity index (χ3n) is 5.24. The van der Waals surface area contributed by atoms with E-state index < -0.39 is 0 Å². The number of nitrogens with zero attached hydrogens (tertiary/aromatic N) is 1. The van der Waals surface area contributed by atoms with Crippen molar-refractivity contribution in [2.24, 2.45) is 0 Å². The number of carbonyl (C=O) groups is 1. The van der Waals surface area contributed by atoms with Crippen molar-refractivity contribution in [3.8, 4) is 16.9 Å². The molecule has 0 bridgehead atoms. The van der Waals surface area contributed by atoms with E-state index in [-0.39, 0.29) is 5.91 Å². The number of methoxy groups -OCH3 is 1. The predicted molar refractivity (Wildman–Crippen MR) is 122 cm³/mol. The van der Waals surface area contributed by atoms with Crippen LogP contribution in [0.15, 0.2) is 48.7 Å². The fourth-order valence-electron chi connectivity index (χ4n) is 3.55. The molecule has 2 aromatic carbocycles. The van der Waals surface area contributed by atoms with Gasteiger partial charge in [-0.15, -0.1) is 0 Å². The molecule has 0 aliphatic carbocycles. The van der Waals surface area contributed by atoms with Crippen LogP contribution in [0.1, 0.15) is 27.2 Å². The maximum atomic E-state index is 12.9. The minimum Gasteiger partial charge on any atom is -0.496 e. The van der Waals surface area contributed by atoms with E-state index in [2.05, 4.69) is 46.1 Å². The molecule has 0 spiro atoms. The molecule has 0 fully saturated rings. The molecule has 156 valence electrons. The lowest BCUT2D eigenvalue weighted by Crippen LogP contribution is -2.16. The van der Waals surface area contributed by atoms with Gasteiger partial charge in [0.25, 0.3) is 5.91 Å². The predicted octanol–water partition coefficient (Wildman–Crippen LogP) is 4.39. The summed E-state index contributed by atoms with van der Waals surface area (Å²) in [6, 6.07) is 13.8. The van der Waals surface area contributed by atoms with E-state index >= 15 is 0 Å². The van der Waals surface area contributed by atoms with Crippen molar-refractivity contribution >= 4 is 17.3 Å². The molecular formula is C24H28N4O2. The van der Waals surface area contributed by atoms with Crippen LogP contribution in [0.5, 0.6) is 5.75 Å². The Kier molecular flexibility index (Phi) is 6.69. The van der Waals surface area contributed by atoms with Gasteiger partial charge in [-0.3, -0.25) is 9.78 Å². The summed E-state index contributed by atoms with van der Waals surface area (Å²) in [5, 5.41) is 9.29. The summed E-state index contributed by atoms with van der Waals surface area (Å²) in [7, 11) is 5.36. The van der Waals surface area contributed by atoms with Gasteiger partial charge in [-0.2, -0.15) is 0 Å². The number of hydrogen-bond donors (Lipinski definition) is 3. The number of nitrogens with one attached hydrogen (secondary N) is 3. The lowest BCUT2D eigenvalue weighted by Gasteiger charge is -2.16. The molecule has 0 saturated heterocycles. The van der Waals surface area contributed by atoms with Crippen LogP contribution in [0.4, 0.5) is 11.4 Å². The average molecular weight is 405 g/mol. The zero-order valence-electron chi connectivity index (χ0n) is 18.1. The largest absolute Gasteiger partial charge is 0.496 e. The van der Waals surface area contributed by atoms with E-state index in [1.807, 2.05) is 39.2 Å². The average Bonchev–Trinajstić information content (AvgIpc) is 2.76. The van der Waals surface area contributed by atoms with Gasteiger partial charge >= 0.3 is 0 Å². The van der Waals surface area contributed by atoms with E-state index in [1.165, 1.54) is 0 Å². The van der Waals surface area contributed by atoms with Gasteiger partial charge in [0, 0.05) is 42.8 Å². The van der Waals surface area contributed by atoms with Crippen molar-refractivity contribution in [1.82, 2.24) is 10.3 Å². The van der Waals surface area contributed by atoms with Crippen molar-refractivity contribution in [2.45, 2.75) is 20.4 Å². The Labute approximate surface area is 177 Å². The molecular weight excluding hydrogens is 376 g/mol. The first-order valence-electron chi connectivity index (χ1n) is 9.86. The number of rotatable bonds is 7. The highest BCUT2D eigenvalue weighted by molar-refractivity contribution is 6.04. The van der Waals surface area contributed by atoms with Crippen LogP contribution >= 0.6 is 0 Å². The molecule has 6 nitrogen and oxygen atoms in total. The van der Waals surface area contributed by atoms with Gasteiger partial charge in [0.15, 0.2) is 0 Å². The van der Waals surface area contributed by atoms with Crippen molar-refractivity contribution in [1.29, 1.82) is 0 Å². The molecule has 0 atom stereocenters. The summed E-state index contributed by atoms with van der Waals surface area (Å²) < 4.78 is 5.41. The zero-order chi connectivity index (χ0) is 21.7. The Morgan fingerprint density at radius 2 is 1.63 bits per heavy atom. The first-order chi connectivity index (χ1) is 14.5. The van der Waals surface area contributed by atoms with Gasteiger partial charge in [0.05, 0.1) is 7.11 Å². The number of anilines is 2. The van der Waals surface area contributed by atoms with Crippen LogP contribution in [0.2, 0.25) is 0 Å². The topological polar surface area (TPSA) is 75.3 Å². The number of benzene rings is 2. The molecule has 1 heterocycles. The van der Waals surface area contributed by atoms with Crippen molar-refractivity contribution in [2.75, 3.05) is 31.8 Å². The number of carbonyl (C=O) groups excluding carboxylic acids is 1. The Hall–Kier alpha value is -3.38. The Morgan fingerprint density at radius 3 is 2.23 bits per heavy atom. The zero-order valence-corrected chi connectivity index (χ0v) is 18.1. The number of amides is 1. The molecule has 0 saturated carbocycles. The Morgan fingerprint density at radius 1 is 1.00 bits per heavy atom. The number of pyridine rings is 1. The highest BCUT2D eigenvalue weighted by Crippen LogP contribution is 2.33. The number of aromatic nitrogens is 1. The quantitative estimate of drug-likeness (QED) is 0.545. The summed E-state index contributed by atoms with van der Waals surface area (Å²) >= 11 is 0. The van der Waals surface area contributed by atoms with E-state index in [9.17, 15) is 4.79 Å². The molecule has 3 rings (SSSR count). The minimum atomic E-state index is -0.273. The number of ether oxygens (including phenoxy) is 1. The molecule has 0 unspecified atom stereocenters. The summed E-state index contributed by atoms with van der Waals surface area (Å²) in [4.78, 5) is 17.2. The maximum absolute atomic E-state index is 12.9. The van der Waals surface area contributed by atoms with Crippen molar-refractivity contribution in [3.63, 3.8) is 0 Å². The second kappa shape index (κ2) is 9.41. The van der Waals surface area contributed by atoms with Gasteiger partial charge in [-0.1, -0.05) is 24.3 Å². The van der Waals surface area contributed by atoms with Crippen LogP contribution in [0.3, 0.4) is 0 Å². The molecule has 30 heavy (non-hydrogen) atoms. The second-order valence-corrected chi connectivity index (χ2v) is 7.07. The first-order valence-corrected chi connectivity index (χ1v) is 9.86. The van der Waals surface area contributed by atoms with Crippen LogP contribution in [0, 0.1) is 13.8 Å². The van der Waals surface area contributed by atoms with Crippen molar-refractivity contribution < 1.29 is 9.53 Å². The summed E-state index contributed by atoms with van der Waals surface area (Å²) in [6.45, 7) is 4.72. The maximum Gasteiger partial charge on any atom is 0.274 e. The van der Waals surface area contributed by atoms with Crippen LogP contribution in [0.25, 0.3) is 11.1 Å². The Bertz CT molecular complexity index is 1060. The molecule has 1 amide bonds. The standard InChI is InChI=1S/C24H28N4O2/c1-15-18(8-6-10-20(15)26-4)19-9-7-11-21(16(19)2)28-24(29)22-12-23(30-5)17(13-25-3)14-27-22/h6-12,14,25-26H,13H2,1-5H3,(H,28,29). The summed E-state index contributed by atoms with van der Waals surface area (Å²) in [5.74, 6) is 0.361. The molecule has 1 aromatic heterocycles. The van der Waals surface area contributed by atoms with E-state index in [1.54, 1.807) is 19.4 Å². The molecule has 3 aromatic rings. The third kappa shape index (κ3) is 4.28. The summed E-state index contributed by atoms with van der Waals surface area (Å²) in [5.41, 5.74) is 7.42.